The maximum absolute atomic E-state index is 12.6. The monoisotopic (exact) mass is 411 g/mol. The summed E-state index contributed by atoms with van der Waals surface area (Å²) in [7, 11) is 3.24. The molecule has 1 amide bonds. The van der Waals surface area contributed by atoms with Gasteiger partial charge in [-0.25, -0.2) is 4.79 Å². The standard InChI is InChI=1S/C23H25NO6/c1-4-28-14-19-18-10-5-6-11-20(18)30-22(19)23(26)29-15-21(25)24(2)13-16-8-7-9-17(12-16)27-3/h5-12H,4,13-15H2,1-3H3. The summed E-state index contributed by atoms with van der Waals surface area (Å²) in [5.41, 5.74) is 2.10. The van der Waals surface area contributed by atoms with E-state index in [2.05, 4.69) is 0 Å². The number of benzene rings is 2. The third-order valence-electron chi connectivity index (χ3n) is 4.64. The van der Waals surface area contributed by atoms with Gasteiger partial charge < -0.3 is 23.5 Å². The minimum absolute atomic E-state index is 0.0629. The second kappa shape index (κ2) is 9.93. The van der Waals surface area contributed by atoms with Crippen LogP contribution in [0.4, 0.5) is 0 Å². The Hall–Kier alpha value is -3.32. The highest BCUT2D eigenvalue weighted by Gasteiger charge is 2.23. The van der Waals surface area contributed by atoms with Crippen molar-refractivity contribution in [2.45, 2.75) is 20.1 Å². The molecule has 0 unspecified atom stereocenters. The first-order valence-electron chi connectivity index (χ1n) is 9.65. The summed E-state index contributed by atoms with van der Waals surface area (Å²) in [6.45, 7) is 2.58. The number of esters is 1. The molecule has 7 heteroatoms. The Morgan fingerprint density at radius 1 is 1.10 bits per heavy atom. The summed E-state index contributed by atoms with van der Waals surface area (Å²) in [5.74, 6) is -0.239. The normalized spacial score (nSPS) is 10.8. The zero-order chi connectivity index (χ0) is 21.5. The maximum Gasteiger partial charge on any atom is 0.375 e. The molecule has 0 aliphatic rings. The largest absolute Gasteiger partial charge is 0.497 e. The zero-order valence-electron chi connectivity index (χ0n) is 17.3. The molecule has 1 aromatic heterocycles. The lowest BCUT2D eigenvalue weighted by Crippen LogP contribution is -2.30. The van der Waals surface area contributed by atoms with Crippen LogP contribution in [-0.2, 0) is 27.4 Å². The lowest BCUT2D eigenvalue weighted by atomic mass is 10.1. The average Bonchev–Trinajstić information content (AvgIpc) is 3.14. The van der Waals surface area contributed by atoms with Crippen molar-refractivity contribution in [3.63, 3.8) is 0 Å². The molecule has 0 saturated carbocycles. The number of methoxy groups -OCH3 is 1. The van der Waals surface area contributed by atoms with Gasteiger partial charge in [0.2, 0.25) is 5.76 Å². The summed E-state index contributed by atoms with van der Waals surface area (Å²) in [5, 5.41) is 0.791. The fourth-order valence-corrected chi connectivity index (χ4v) is 3.05. The van der Waals surface area contributed by atoms with Crippen LogP contribution in [0.5, 0.6) is 5.75 Å². The molecule has 0 N–H and O–H groups in total. The Labute approximate surface area is 175 Å². The predicted molar refractivity (Wildman–Crippen MR) is 111 cm³/mol. The van der Waals surface area contributed by atoms with Crippen LogP contribution < -0.4 is 4.74 Å². The molecule has 0 spiro atoms. The molecule has 0 saturated heterocycles. The number of nitrogens with zero attached hydrogens (tertiary/aromatic N) is 1. The molecule has 3 rings (SSSR count). The maximum atomic E-state index is 12.6. The van der Waals surface area contributed by atoms with Crippen molar-refractivity contribution >= 4 is 22.8 Å². The first kappa shape index (κ1) is 21.4. The molecule has 158 valence electrons. The smallest absolute Gasteiger partial charge is 0.375 e. The van der Waals surface area contributed by atoms with E-state index in [9.17, 15) is 9.59 Å². The predicted octanol–water partition coefficient (Wildman–Crippen LogP) is 3.79. The van der Waals surface area contributed by atoms with Crippen LogP contribution >= 0.6 is 0 Å². The second-order valence-corrected chi connectivity index (χ2v) is 6.72. The zero-order valence-corrected chi connectivity index (χ0v) is 17.3. The molecule has 3 aromatic rings. The van der Waals surface area contributed by atoms with E-state index < -0.39 is 5.97 Å². The molecular weight excluding hydrogens is 386 g/mol. The van der Waals surface area contributed by atoms with E-state index in [-0.39, 0.29) is 24.9 Å². The highest BCUT2D eigenvalue weighted by Crippen LogP contribution is 2.27. The molecule has 0 radical (unpaired) electrons. The second-order valence-electron chi connectivity index (χ2n) is 6.72. The molecule has 7 nitrogen and oxygen atoms in total. The van der Waals surface area contributed by atoms with Gasteiger partial charge in [0.15, 0.2) is 6.61 Å². The van der Waals surface area contributed by atoms with Crippen LogP contribution in [0.2, 0.25) is 0 Å². The molecule has 30 heavy (non-hydrogen) atoms. The number of ether oxygens (including phenoxy) is 3. The van der Waals surface area contributed by atoms with Gasteiger partial charge in [-0.1, -0.05) is 30.3 Å². The van der Waals surface area contributed by atoms with Crippen molar-refractivity contribution in [1.29, 1.82) is 0 Å². The lowest BCUT2D eigenvalue weighted by Gasteiger charge is -2.17. The molecule has 0 aliphatic heterocycles. The summed E-state index contributed by atoms with van der Waals surface area (Å²) >= 11 is 0. The molecule has 2 aromatic carbocycles. The molecule has 0 aliphatic carbocycles. The van der Waals surface area contributed by atoms with Crippen LogP contribution in [0.25, 0.3) is 11.0 Å². The van der Waals surface area contributed by atoms with Gasteiger partial charge in [-0.15, -0.1) is 0 Å². The molecule has 1 heterocycles. The number of hydrogen-bond donors (Lipinski definition) is 0. The number of fused-ring (bicyclic) bond motifs is 1. The number of amides is 1. The Balaban J connectivity index is 1.65. The van der Waals surface area contributed by atoms with Gasteiger partial charge in [0, 0.05) is 31.1 Å². The van der Waals surface area contributed by atoms with Crippen LogP contribution in [0, 0.1) is 0 Å². The van der Waals surface area contributed by atoms with Crippen LogP contribution in [0.15, 0.2) is 52.9 Å². The fraction of sp³-hybridized carbons (Fsp3) is 0.304. The topological polar surface area (TPSA) is 78.2 Å². The van der Waals surface area contributed by atoms with E-state index >= 15 is 0 Å². The number of likely N-dealkylation sites (N-methyl/N-ethyl adjacent to an activating group) is 1. The number of rotatable bonds is 9. The van der Waals surface area contributed by atoms with Crippen molar-refractivity contribution in [1.82, 2.24) is 4.90 Å². The van der Waals surface area contributed by atoms with Gasteiger partial charge in [-0.2, -0.15) is 0 Å². The van der Waals surface area contributed by atoms with Crippen molar-refractivity contribution in [2.24, 2.45) is 0 Å². The van der Waals surface area contributed by atoms with E-state index in [1.54, 1.807) is 20.2 Å². The van der Waals surface area contributed by atoms with E-state index in [0.29, 0.717) is 30.0 Å². The summed E-state index contributed by atoms with van der Waals surface area (Å²) in [6.07, 6.45) is 0. The Kier molecular flexibility index (Phi) is 7.08. The highest BCUT2D eigenvalue weighted by molar-refractivity contribution is 5.96. The number of carbonyl (C=O) groups excluding carboxylic acids is 2. The first-order chi connectivity index (χ1) is 14.5. The first-order valence-corrected chi connectivity index (χ1v) is 9.65. The van der Waals surface area contributed by atoms with Crippen LogP contribution in [-0.4, -0.2) is 44.1 Å². The number of hydrogen-bond acceptors (Lipinski definition) is 6. The molecule has 0 fully saturated rings. The fourth-order valence-electron chi connectivity index (χ4n) is 3.05. The van der Waals surface area contributed by atoms with E-state index in [4.69, 9.17) is 18.6 Å². The van der Waals surface area contributed by atoms with Gasteiger partial charge in [-0.05, 0) is 30.7 Å². The summed E-state index contributed by atoms with van der Waals surface area (Å²) in [4.78, 5) is 26.5. The number of carbonyl (C=O) groups is 2. The average molecular weight is 411 g/mol. The highest BCUT2D eigenvalue weighted by atomic mass is 16.5. The number of furan rings is 1. The van der Waals surface area contributed by atoms with Gasteiger partial charge in [0.05, 0.1) is 13.7 Å². The minimum Gasteiger partial charge on any atom is -0.497 e. The van der Waals surface area contributed by atoms with Crippen LogP contribution in [0.3, 0.4) is 0 Å². The van der Waals surface area contributed by atoms with E-state index in [0.717, 1.165) is 10.9 Å². The summed E-state index contributed by atoms with van der Waals surface area (Å²) < 4.78 is 21.6. The molecule has 0 bridgehead atoms. The summed E-state index contributed by atoms with van der Waals surface area (Å²) in [6, 6.07) is 14.7. The van der Waals surface area contributed by atoms with Crippen molar-refractivity contribution in [3.05, 3.63) is 65.4 Å². The molecular formula is C23H25NO6. The van der Waals surface area contributed by atoms with Crippen molar-refractivity contribution in [2.75, 3.05) is 27.4 Å². The van der Waals surface area contributed by atoms with Gasteiger partial charge in [-0.3, -0.25) is 4.79 Å². The van der Waals surface area contributed by atoms with E-state index in [1.165, 1.54) is 4.90 Å². The third-order valence-corrected chi connectivity index (χ3v) is 4.64. The van der Waals surface area contributed by atoms with Crippen molar-refractivity contribution in [3.8, 4) is 5.75 Å². The van der Waals surface area contributed by atoms with Gasteiger partial charge in [0.1, 0.15) is 11.3 Å². The Morgan fingerprint density at radius 2 is 1.90 bits per heavy atom. The molecule has 0 atom stereocenters. The SMILES string of the molecule is CCOCc1c(C(=O)OCC(=O)N(C)Cc2cccc(OC)c2)oc2ccccc12. The van der Waals surface area contributed by atoms with Gasteiger partial charge >= 0.3 is 5.97 Å². The third kappa shape index (κ3) is 4.99. The van der Waals surface area contributed by atoms with Crippen molar-refractivity contribution < 1.29 is 28.2 Å². The quantitative estimate of drug-likeness (QED) is 0.499. The minimum atomic E-state index is -0.691. The van der Waals surface area contributed by atoms with E-state index in [1.807, 2.05) is 49.4 Å². The number of para-hydroxylation sites is 1. The van der Waals surface area contributed by atoms with Gasteiger partial charge in [0.25, 0.3) is 5.91 Å². The lowest BCUT2D eigenvalue weighted by molar-refractivity contribution is -0.133. The van der Waals surface area contributed by atoms with Crippen LogP contribution in [0.1, 0.15) is 28.6 Å². The Bertz CT molecular complexity index is 1030. The Morgan fingerprint density at radius 3 is 2.67 bits per heavy atom.